The summed E-state index contributed by atoms with van der Waals surface area (Å²) in [6.45, 7) is 3.68. The molecule has 2 aromatic carbocycles. The quantitative estimate of drug-likeness (QED) is 0.249. The number of phenolic OH excluding ortho intramolecular Hbond substituents is 1. The molecule has 1 amide bonds. The maximum absolute atomic E-state index is 12.1. The van der Waals surface area contributed by atoms with Crippen molar-refractivity contribution in [3.63, 3.8) is 0 Å². The highest BCUT2D eigenvalue weighted by molar-refractivity contribution is 7.80. The molecule has 0 bridgehead atoms. The van der Waals surface area contributed by atoms with Crippen molar-refractivity contribution in [2.75, 3.05) is 5.32 Å². The lowest BCUT2D eigenvalue weighted by Crippen LogP contribution is -2.32. The molecule has 0 saturated carbocycles. The lowest BCUT2D eigenvalue weighted by atomic mass is 10.1. The fourth-order valence-corrected chi connectivity index (χ4v) is 3.55. The molecule has 0 atom stereocenters. The largest absolute Gasteiger partial charge is 0.505 e. The van der Waals surface area contributed by atoms with Crippen LogP contribution in [0.1, 0.15) is 16.9 Å². The second-order valence-electron chi connectivity index (χ2n) is 6.61. The number of halogens is 2. The number of anilines is 1. The molecule has 1 aromatic heterocycles. The molecular weight excluding hydrogens is 443 g/mol. The number of benzene rings is 2. The van der Waals surface area contributed by atoms with Crippen LogP contribution in [0.25, 0.3) is 17.4 Å². The molecule has 3 rings (SSSR count). The maximum atomic E-state index is 12.1. The number of hydrogen-bond acceptors (Lipinski definition) is 4. The summed E-state index contributed by atoms with van der Waals surface area (Å²) in [4.78, 5) is 12.1. The van der Waals surface area contributed by atoms with E-state index < -0.39 is 5.91 Å². The Morgan fingerprint density at radius 1 is 1.10 bits per heavy atom. The number of thiocarbonyl (C=S) groups is 1. The first-order valence-corrected chi connectivity index (χ1v) is 10.0. The minimum absolute atomic E-state index is 0.0682. The average Bonchev–Trinajstić information content (AvgIpc) is 3.12. The summed E-state index contributed by atoms with van der Waals surface area (Å²) in [6, 6.07) is 12.2. The molecule has 3 N–H and O–H groups in total. The molecule has 0 spiro atoms. The van der Waals surface area contributed by atoms with Gasteiger partial charge in [0.05, 0.1) is 5.69 Å². The summed E-state index contributed by atoms with van der Waals surface area (Å²) < 4.78 is 5.71. The van der Waals surface area contributed by atoms with Gasteiger partial charge < -0.3 is 14.8 Å². The van der Waals surface area contributed by atoms with E-state index in [1.54, 1.807) is 43.3 Å². The molecule has 154 valence electrons. The highest BCUT2D eigenvalue weighted by atomic mass is 35.5. The number of hydrogen-bond donors (Lipinski definition) is 3. The summed E-state index contributed by atoms with van der Waals surface area (Å²) in [5.74, 6) is 0.682. The van der Waals surface area contributed by atoms with Gasteiger partial charge in [0.2, 0.25) is 5.91 Å². The van der Waals surface area contributed by atoms with Crippen LogP contribution in [0, 0.1) is 13.8 Å². The first-order chi connectivity index (χ1) is 14.2. The standard InChI is InChI=1S/C22H18Cl2N2O3S/c1-12-7-13(2)21(28)18(8-12)25-22(30)26-20(27)6-4-17-3-5-19(29-17)14-9-15(23)11-16(24)10-14/h3-11,28H,1-2H3,(H2,25,26,27,30)/b6-4+. The second kappa shape index (κ2) is 9.34. The molecule has 0 aliphatic rings. The topological polar surface area (TPSA) is 74.5 Å². The molecule has 3 aromatic rings. The Kier molecular flexibility index (Phi) is 6.82. The van der Waals surface area contributed by atoms with Gasteiger partial charge in [-0.2, -0.15) is 0 Å². The van der Waals surface area contributed by atoms with Gasteiger partial charge in [-0.3, -0.25) is 10.1 Å². The number of carbonyl (C=O) groups excluding carboxylic acids is 1. The van der Waals surface area contributed by atoms with Gasteiger partial charge in [0.15, 0.2) is 5.11 Å². The van der Waals surface area contributed by atoms with E-state index >= 15 is 0 Å². The summed E-state index contributed by atoms with van der Waals surface area (Å²) >= 11 is 17.2. The number of furan rings is 1. The van der Waals surface area contributed by atoms with Crippen molar-refractivity contribution >= 4 is 58.2 Å². The van der Waals surface area contributed by atoms with E-state index in [2.05, 4.69) is 10.6 Å². The van der Waals surface area contributed by atoms with Crippen molar-refractivity contribution in [2.24, 2.45) is 0 Å². The summed E-state index contributed by atoms with van der Waals surface area (Å²) in [5, 5.41) is 16.5. The van der Waals surface area contributed by atoms with Gasteiger partial charge in [0, 0.05) is 21.7 Å². The zero-order chi connectivity index (χ0) is 21.8. The number of nitrogens with one attached hydrogen (secondary N) is 2. The number of aryl methyl sites for hydroxylation is 2. The number of carbonyl (C=O) groups is 1. The first kappa shape index (κ1) is 21.9. The number of aromatic hydroxyl groups is 1. The van der Waals surface area contributed by atoms with Crippen LogP contribution in [-0.2, 0) is 4.79 Å². The average molecular weight is 461 g/mol. The molecule has 0 unspecified atom stereocenters. The van der Waals surface area contributed by atoms with E-state index in [1.165, 1.54) is 12.2 Å². The normalized spacial score (nSPS) is 10.9. The maximum Gasteiger partial charge on any atom is 0.250 e. The van der Waals surface area contributed by atoms with Crippen LogP contribution in [-0.4, -0.2) is 16.1 Å². The minimum atomic E-state index is -0.444. The zero-order valence-electron chi connectivity index (χ0n) is 16.1. The highest BCUT2D eigenvalue weighted by Gasteiger charge is 2.09. The van der Waals surface area contributed by atoms with Gasteiger partial charge in [-0.25, -0.2) is 0 Å². The second-order valence-corrected chi connectivity index (χ2v) is 7.90. The van der Waals surface area contributed by atoms with Gasteiger partial charge in [-0.1, -0.05) is 29.3 Å². The zero-order valence-corrected chi connectivity index (χ0v) is 18.5. The molecule has 0 saturated heterocycles. The highest BCUT2D eigenvalue weighted by Crippen LogP contribution is 2.29. The molecule has 1 heterocycles. The predicted octanol–water partition coefficient (Wildman–Crippen LogP) is 6.10. The fraction of sp³-hybridized carbons (Fsp3) is 0.0909. The molecule has 30 heavy (non-hydrogen) atoms. The van der Waals surface area contributed by atoms with E-state index in [-0.39, 0.29) is 10.9 Å². The molecular formula is C22H18Cl2N2O3S. The Morgan fingerprint density at radius 2 is 1.80 bits per heavy atom. The number of amides is 1. The Morgan fingerprint density at radius 3 is 2.50 bits per heavy atom. The Labute approximate surface area is 189 Å². The van der Waals surface area contributed by atoms with E-state index in [1.807, 2.05) is 13.0 Å². The lowest BCUT2D eigenvalue weighted by molar-refractivity contribution is -0.115. The van der Waals surface area contributed by atoms with E-state index in [0.717, 1.165) is 11.1 Å². The smallest absolute Gasteiger partial charge is 0.250 e. The summed E-state index contributed by atoms with van der Waals surface area (Å²) in [6.07, 6.45) is 2.81. The molecule has 8 heteroatoms. The third kappa shape index (κ3) is 5.63. The van der Waals surface area contributed by atoms with E-state index in [0.29, 0.717) is 32.8 Å². The summed E-state index contributed by atoms with van der Waals surface area (Å²) in [7, 11) is 0. The number of phenols is 1. The van der Waals surface area contributed by atoms with Crippen molar-refractivity contribution < 1.29 is 14.3 Å². The molecule has 5 nitrogen and oxygen atoms in total. The van der Waals surface area contributed by atoms with Crippen LogP contribution in [0.2, 0.25) is 10.0 Å². The van der Waals surface area contributed by atoms with Crippen molar-refractivity contribution in [1.29, 1.82) is 0 Å². The van der Waals surface area contributed by atoms with Crippen LogP contribution >= 0.6 is 35.4 Å². The van der Waals surface area contributed by atoms with Gasteiger partial charge >= 0.3 is 0 Å². The lowest BCUT2D eigenvalue weighted by Gasteiger charge is -2.12. The van der Waals surface area contributed by atoms with Gasteiger partial charge in [0.1, 0.15) is 17.3 Å². The molecule has 0 fully saturated rings. The van der Waals surface area contributed by atoms with Crippen molar-refractivity contribution in [1.82, 2.24) is 5.32 Å². The van der Waals surface area contributed by atoms with Crippen LogP contribution in [0.3, 0.4) is 0 Å². The predicted molar refractivity (Wildman–Crippen MR) is 125 cm³/mol. The van der Waals surface area contributed by atoms with Gasteiger partial charge in [-0.05, 0) is 79.7 Å². The Balaban J connectivity index is 1.62. The van der Waals surface area contributed by atoms with Gasteiger partial charge in [0.25, 0.3) is 0 Å². The fourth-order valence-electron chi connectivity index (χ4n) is 2.81. The monoisotopic (exact) mass is 460 g/mol. The van der Waals surface area contributed by atoms with Crippen LogP contribution in [0.15, 0.2) is 53.0 Å². The van der Waals surface area contributed by atoms with E-state index in [4.69, 9.17) is 39.8 Å². The van der Waals surface area contributed by atoms with Crippen LogP contribution < -0.4 is 10.6 Å². The summed E-state index contributed by atoms with van der Waals surface area (Å²) in [5.41, 5.74) is 2.82. The molecule has 0 radical (unpaired) electrons. The van der Waals surface area contributed by atoms with Crippen LogP contribution in [0.5, 0.6) is 5.75 Å². The minimum Gasteiger partial charge on any atom is -0.505 e. The first-order valence-electron chi connectivity index (χ1n) is 8.88. The Bertz CT molecular complexity index is 1140. The number of rotatable bonds is 4. The van der Waals surface area contributed by atoms with Crippen LogP contribution in [0.4, 0.5) is 5.69 Å². The van der Waals surface area contributed by atoms with E-state index in [9.17, 15) is 9.90 Å². The third-order valence-electron chi connectivity index (χ3n) is 4.10. The van der Waals surface area contributed by atoms with Crippen molar-refractivity contribution in [3.05, 3.63) is 75.5 Å². The Hall–Kier alpha value is -2.80. The SMILES string of the molecule is Cc1cc(C)c(O)c(NC(=S)NC(=O)/C=C/c2ccc(-c3cc(Cl)cc(Cl)c3)o2)c1. The van der Waals surface area contributed by atoms with Crippen molar-refractivity contribution in [2.45, 2.75) is 13.8 Å². The molecule has 0 aliphatic heterocycles. The van der Waals surface area contributed by atoms with Gasteiger partial charge in [-0.15, -0.1) is 0 Å². The van der Waals surface area contributed by atoms with Crippen molar-refractivity contribution in [3.8, 4) is 17.1 Å². The molecule has 0 aliphatic carbocycles. The third-order valence-corrected chi connectivity index (χ3v) is 4.74.